The fourth-order valence-electron chi connectivity index (χ4n) is 3.52. The summed E-state index contributed by atoms with van der Waals surface area (Å²) in [4.78, 5) is 26.7. The zero-order valence-electron chi connectivity index (χ0n) is 17.7. The number of nitrogens with zero attached hydrogens (tertiary/aromatic N) is 2. The minimum Gasteiger partial charge on any atom is -0.462 e. The van der Waals surface area contributed by atoms with E-state index in [4.69, 9.17) is 20.8 Å². The average Bonchev–Trinajstić information content (AvgIpc) is 3.45. The van der Waals surface area contributed by atoms with Crippen molar-refractivity contribution in [3.05, 3.63) is 32.5 Å². The van der Waals surface area contributed by atoms with Gasteiger partial charge in [0.25, 0.3) is 5.89 Å². The van der Waals surface area contributed by atoms with E-state index in [1.165, 1.54) is 11.3 Å². The van der Waals surface area contributed by atoms with Crippen molar-refractivity contribution in [3.63, 3.8) is 0 Å². The molecule has 1 atom stereocenters. The molecule has 1 aliphatic carbocycles. The number of sulfone groups is 1. The Balaban J connectivity index is 1.54. The molecule has 1 amide bonds. The van der Waals surface area contributed by atoms with Gasteiger partial charge in [0.05, 0.1) is 21.4 Å². The number of carbonyl (C=O) groups excluding carboxylic acids is 2. The van der Waals surface area contributed by atoms with Crippen molar-refractivity contribution in [3.8, 4) is 10.8 Å². The topological polar surface area (TPSA) is 128 Å². The number of rotatable bonds is 7. The van der Waals surface area contributed by atoms with Gasteiger partial charge in [-0.15, -0.1) is 27.8 Å². The first-order chi connectivity index (χ1) is 15.7. The summed E-state index contributed by atoms with van der Waals surface area (Å²) in [5.41, 5.74) is 1.18. The van der Waals surface area contributed by atoms with Crippen LogP contribution in [-0.2, 0) is 32.2 Å². The van der Waals surface area contributed by atoms with Gasteiger partial charge in [-0.3, -0.25) is 4.79 Å². The second kappa shape index (κ2) is 9.53. The maximum Gasteiger partial charge on any atom is 0.341 e. The molecule has 0 spiro atoms. The normalized spacial score (nSPS) is 15.8. The number of ether oxygens (including phenoxy) is 1. The molecule has 0 aliphatic heterocycles. The molecule has 0 radical (unpaired) electrons. The lowest BCUT2D eigenvalue weighted by atomic mass is 9.88. The molecule has 0 bridgehead atoms. The van der Waals surface area contributed by atoms with Crippen LogP contribution in [0.15, 0.2) is 21.8 Å². The quantitative estimate of drug-likeness (QED) is 0.450. The molecule has 0 aromatic carbocycles. The van der Waals surface area contributed by atoms with E-state index in [-0.39, 0.29) is 12.5 Å². The number of fused-ring (bicyclic) bond motifs is 1. The third kappa shape index (κ3) is 5.13. The molecule has 176 valence electrons. The molecule has 33 heavy (non-hydrogen) atoms. The van der Waals surface area contributed by atoms with Gasteiger partial charge in [-0.2, -0.15) is 0 Å². The standard InChI is InChI=1S/C20H20ClN3O6S3/c1-3-29-19(26)16-11-5-4-10(2)8-13(11)32-18(16)22-15(25)9-33(27,28)20-24-23-17(30-20)12-6-7-14(21)31-12/h6-7,10H,3-5,8-9H2,1-2H3,(H,22,25). The molecule has 1 aliphatic rings. The van der Waals surface area contributed by atoms with E-state index >= 15 is 0 Å². The first-order valence-corrected chi connectivity index (χ1v) is 13.8. The third-order valence-electron chi connectivity index (χ3n) is 5.02. The predicted molar refractivity (Wildman–Crippen MR) is 125 cm³/mol. The highest BCUT2D eigenvalue weighted by atomic mass is 35.5. The summed E-state index contributed by atoms with van der Waals surface area (Å²) >= 11 is 8.32. The van der Waals surface area contributed by atoms with E-state index in [1.54, 1.807) is 19.1 Å². The summed E-state index contributed by atoms with van der Waals surface area (Å²) in [5.74, 6) is -1.80. The average molecular weight is 530 g/mol. The number of carbonyl (C=O) groups is 2. The van der Waals surface area contributed by atoms with Crippen molar-refractivity contribution in [2.75, 3.05) is 17.7 Å². The van der Waals surface area contributed by atoms with Crippen LogP contribution in [-0.4, -0.2) is 42.9 Å². The Morgan fingerprint density at radius 3 is 2.79 bits per heavy atom. The number of esters is 1. The van der Waals surface area contributed by atoms with Crippen molar-refractivity contribution in [2.45, 2.75) is 38.3 Å². The Bertz CT molecular complexity index is 1310. The lowest BCUT2D eigenvalue weighted by molar-refractivity contribution is -0.113. The summed E-state index contributed by atoms with van der Waals surface area (Å²) in [6.45, 7) is 4.02. The lowest BCUT2D eigenvalue weighted by Crippen LogP contribution is -2.24. The molecular formula is C20H20ClN3O6S3. The molecule has 9 nitrogen and oxygen atoms in total. The minimum absolute atomic E-state index is 0.00414. The Morgan fingerprint density at radius 1 is 1.30 bits per heavy atom. The second-order valence-corrected chi connectivity index (χ2v) is 12.2. The molecule has 3 heterocycles. The summed E-state index contributed by atoms with van der Waals surface area (Å²) in [5, 5.41) is 9.52. The highest BCUT2D eigenvalue weighted by Crippen LogP contribution is 2.40. The SMILES string of the molecule is CCOC(=O)c1c(NC(=O)CS(=O)(=O)c2nnc(-c3ccc(Cl)s3)o2)sc2c1CCC(C)C2. The van der Waals surface area contributed by atoms with Crippen LogP contribution < -0.4 is 5.32 Å². The molecule has 0 saturated carbocycles. The van der Waals surface area contributed by atoms with E-state index in [2.05, 4.69) is 22.4 Å². The number of aromatic nitrogens is 2. The van der Waals surface area contributed by atoms with Gasteiger partial charge in [-0.1, -0.05) is 23.6 Å². The van der Waals surface area contributed by atoms with Crippen LogP contribution in [0, 0.1) is 5.92 Å². The van der Waals surface area contributed by atoms with Gasteiger partial charge in [0, 0.05) is 4.88 Å². The van der Waals surface area contributed by atoms with Crippen LogP contribution in [0.3, 0.4) is 0 Å². The number of halogens is 1. The Morgan fingerprint density at radius 2 is 2.09 bits per heavy atom. The van der Waals surface area contributed by atoms with Gasteiger partial charge in [0.1, 0.15) is 10.8 Å². The summed E-state index contributed by atoms with van der Waals surface area (Å²) in [6, 6.07) is 3.25. The maximum atomic E-state index is 12.7. The first-order valence-electron chi connectivity index (χ1n) is 10.1. The van der Waals surface area contributed by atoms with Gasteiger partial charge in [-0.05, 0) is 49.8 Å². The summed E-state index contributed by atoms with van der Waals surface area (Å²) in [7, 11) is -4.21. The lowest BCUT2D eigenvalue weighted by Gasteiger charge is -2.18. The van der Waals surface area contributed by atoms with Crippen molar-refractivity contribution in [2.24, 2.45) is 5.92 Å². The largest absolute Gasteiger partial charge is 0.462 e. The van der Waals surface area contributed by atoms with E-state index in [9.17, 15) is 18.0 Å². The van der Waals surface area contributed by atoms with E-state index < -0.39 is 32.7 Å². The predicted octanol–water partition coefficient (Wildman–Crippen LogP) is 4.23. The van der Waals surface area contributed by atoms with Crippen LogP contribution in [0.1, 0.15) is 41.1 Å². The molecule has 13 heteroatoms. The van der Waals surface area contributed by atoms with E-state index in [1.807, 2.05) is 0 Å². The van der Waals surface area contributed by atoms with E-state index in [0.29, 0.717) is 32.1 Å². The van der Waals surface area contributed by atoms with Crippen LogP contribution in [0.4, 0.5) is 5.00 Å². The van der Waals surface area contributed by atoms with Gasteiger partial charge in [-0.25, -0.2) is 13.2 Å². The van der Waals surface area contributed by atoms with Crippen LogP contribution in [0.25, 0.3) is 10.8 Å². The molecule has 4 rings (SSSR count). The zero-order valence-corrected chi connectivity index (χ0v) is 20.9. The van der Waals surface area contributed by atoms with Crippen LogP contribution >= 0.6 is 34.3 Å². The number of hydrogen-bond donors (Lipinski definition) is 1. The summed E-state index contributed by atoms with van der Waals surface area (Å²) in [6.07, 6.45) is 2.41. The smallest absolute Gasteiger partial charge is 0.341 e. The van der Waals surface area contributed by atoms with Gasteiger partial charge in [0.15, 0.2) is 0 Å². The molecule has 0 fully saturated rings. The fraction of sp³-hybridized carbons (Fsp3) is 0.400. The monoisotopic (exact) mass is 529 g/mol. The van der Waals surface area contributed by atoms with Crippen molar-refractivity contribution in [1.82, 2.24) is 10.2 Å². The van der Waals surface area contributed by atoms with Crippen molar-refractivity contribution >= 4 is 61.0 Å². The Hall–Kier alpha value is -2.28. The molecular weight excluding hydrogens is 510 g/mol. The van der Waals surface area contributed by atoms with Crippen molar-refractivity contribution < 1.29 is 27.2 Å². The number of nitrogens with one attached hydrogen (secondary N) is 1. The van der Waals surface area contributed by atoms with Gasteiger partial charge < -0.3 is 14.5 Å². The van der Waals surface area contributed by atoms with Crippen molar-refractivity contribution in [1.29, 1.82) is 0 Å². The number of anilines is 1. The molecule has 3 aromatic heterocycles. The first kappa shape index (κ1) is 23.9. The van der Waals surface area contributed by atoms with Gasteiger partial charge in [0.2, 0.25) is 15.7 Å². The summed E-state index contributed by atoms with van der Waals surface area (Å²) < 4.78 is 36.3. The maximum absolute atomic E-state index is 12.7. The Kier molecular flexibility index (Phi) is 6.89. The van der Waals surface area contributed by atoms with Gasteiger partial charge >= 0.3 is 11.2 Å². The molecule has 1 N–H and O–H groups in total. The van der Waals surface area contributed by atoms with Crippen LogP contribution in [0.2, 0.25) is 4.34 Å². The van der Waals surface area contributed by atoms with E-state index in [0.717, 1.165) is 34.6 Å². The highest BCUT2D eigenvalue weighted by molar-refractivity contribution is 7.91. The fourth-order valence-corrected chi connectivity index (χ4v) is 6.81. The third-order valence-corrected chi connectivity index (χ3v) is 8.75. The molecule has 1 unspecified atom stereocenters. The second-order valence-electron chi connectivity index (χ2n) is 7.56. The highest BCUT2D eigenvalue weighted by Gasteiger charge is 2.31. The molecule has 3 aromatic rings. The van der Waals surface area contributed by atoms with Crippen LogP contribution in [0.5, 0.6) is 0 Å². The Labute approximate surface area is 203 Å². The minimum atomic E-state index is -4.21. The number of amides is 1. The number of hydrogen-bond acceptors (Lipinski definition) is 10. The number of thiophene rings is 2. The zero-order chi connectivity index (χ0) is 23.8. The molecule has 0 saturated heterocycles.